The van der Waals surface area contributed by atoms with E-state index in [-0.39, 0.29) is 11.6 Å². The number of carbonyl (C=O) groups is 1. The lowest BCUT2D eigenvalue weighted by molar-refractivity contribution is -0.0149. The molecule has 2 aromatic carbocycles. The number of aryl methyl sites for hydroxylation is 1. The maximum atomic E-state index is 12.4. The standard InChI is InChI=1S/C25H32N4O2/c1-18-23(19(2)29(28-18)22-12-7-6-8-13-22)16-27-24(30)26-15-20-10-9-11-21(14-20)17-31-25(3,4)5/h6-14H,15-17H2,1-5H3,(H2,26,27,30). The van der Waals surface area contributed by atoms with Crippen LogP contribution in [0.15, 0.2) is 54.6 Å². The molecule has 164 valence electrons. The average Bonchev–Trinajstić information content (AvgIpc) is 3.03. The number of aromatic nitrogens is 2. The molecule has 0 saturated heterocycles. The maximum Gasteiger partial charge on any atom is 0.315 e. The van der Waals surface area contributed by atoms with Gasteiger partial charge in [-0.1, -0.05) is 42.5 Å². The number of hydrogen-bond donors (Lipinski definition) is 2. The first-order valence-electron chi connectivity index (χ1n) is 10.6. The van der Waals surface area contributed by atoms with Crippen LogP contribution >= 0.6 is 0 Å². The van der Waals surface area contributed by atoms with E-state index in [0.29, 0.717) is 19.7 Å². The van der Waals surface area contributed by atoms with Gasteiger partial charge in [-0.15, -0.1) is 0 Å². The molecule has 1 aromatic heterocycles. The largest absolute Gasteiger partial charge is 0.371 e. The summed E-state index contributed by atoms with van der Waals surface area (Å²) in [6.07, 6.45) is 0. The molecule has 0 radical (unpaired) electrons. The van der Waals surface area contributed by atoms with Crippen molar-refractivity contribution in [2.24, 2.45) is 0 Å². The van der Waals surface area contributed by atoms with Crippen LogP contribution in [0, 0.1) is 13.8 Å². The summed E-state index contributed by atoms with van der Waals surface area (Å²) < 4.78 is 7.74. The SMILES string of the molecule is Cc1nn(-c2ccccc2)c(C)c1CNC(=O)NCc1cccc(COC(C)(C)C)c1. The molecule has 0 unspecified atom stereocenters. The summed E-state index contributed by atoms with van der Waals surface area (Å²) in [7, 11) is 0. The number of ether oxygens (including phenoxy) is 1. The summed E-state index contributed by atoms with van der Waals surface area (Å²) in [4.78, 5) is 12.4. The van der Waals surface area contributed by atoms with Crippen LogP contribution in [-0.2, 0) is 24.4 Å². The zero-order valence-corrected chi connectivity index (χ0v) is 19.0. The van der Waals surface area contributed by atoms with Gasteiger partial charge in [-0.05, 0) is 57.9 Å². The number of nitrogens with zero attached hydrogens (tertiary/aromatic N) is 2. The second kappa shape index (κ2) is 9.79. The Morgan fingerprint density at radius 1 is 0.968 bits per heavy atom. The minimum Gasteiger partial charge on any atom is -0.371 e. The third-order valence-corrected chi connectivity index (χ3v) is 4.98. The molecular weight excluding hydrogens is 388 g/mol. The fourth-order valence-electron chi connectivity index (χ4n) is 3.29. The fourth-order valence-corrected chi connectivity index (χ4v) is 3.29. The normalized spacial score (nSPS) is 11.4. The first-order valence-corrected chi connectivity index (χ1v) is 10.6. The van der Waals surface area contributed by atoms with E-state index >= 15 is 0 Å². The zero-order chi connectivity index (χ0) is 22.4. The van der Waals surface area contributed by atoms with Crippen molar-refractivity contribution in [2.75, 3.05) is 0 Å². The Morgan fingerprint density at radius 2 is 1.65 bits per heavy atom. The Morgan fingerprint density at radius 3 is 2.35 bits per heavy atom. The third-order valence-electron chi connectivity index (χ3n) is 4.98. The van der Waals surface area contributed by atoms with Crippen molar-refractivity contribution < 1.29 is 9.53 Å². The van der Waals surface area contributed by atoms with Gasteiger partial charge in [-0.2, -0.15) is 5.10 Å². The van der Waals surface area contributed by atoms with Gasteiger partial charge in [0.1, 0.15) is 0 Å². The van der Waals surface area contributed by atoms with E-state index in [9.17, 15) is 4.79 Å². The van der Waals surface area contributed by atoms with Crippen LogP contribution in [0.4, 0.5) is 4.79 Å². The van der Waals surface area contributed by atoms with Crippen LogP contribution in [0.3, 0.4) is 0 Å². The maximum absolute atomic E-state index is 12.4. The Kier molecular flexibility index (Phi) is 7.13. The van der Waals surface area contributed by atoms with Gasteiger partial charge in [0.15, 0.2) is 0 Å². The number of hydrogen-bond acceptors (Lipinski definition) is 3. The highest BCUT2D eigenvalue weighted by atomic mass is 16.5. The van der Waals surface area contributed by atoms with Gasteiger partial charge in [0.25, 0.3) is 0 Å². The molecule has 0 spiro atoms. The summed E-state index contributed by atoms with van der Waals surface area (Å²) >= 11 is 0. The van der Waals surface area contributed by atoms with Crippen molar-refractivity contribution in [3.8, 4) is 5.69 Å². The summed E-state index contributed by atoms with van der Waals surface area (Å²) in [6.45, 7) is 11.5. The molecule has 0 saturated carbocycles. The Labute approximate surface area is 184 Å². The highest BCUT2D eigenvalue weighted by Crippen LogP contribution is 2.17. The van der Waals surface area contributed by atoms with Gasteiger partial charge in [-0.3, -0.25) is 0 Å². The van der Waals surface area contributed by atoms with E-state index < -0.39 is 0 Å². The van der Waals surface area contributed by atoms with E-state index in [4.69, 9.17) is 4.74 Å². The van der Waals surface area contributed by atoms with Gasteiger partial charge in [-0.25, -0.2) is 9.48 Å². The number of benzene rings is 2. The Hall–Kier alpha value is -3.12. The molecule has 3 aromatic rings. The number of para-hydroxylation sites is 1. The van der Waals surface area contributed by atoms with Crippen LogP contribution in [0.2, 0.25) is 0 Å². The number of amides is 2. The summed E-state index contributed by atoms with van der Waals surface area (Å²) in [6, 6.07) is 17.9. The van der Waals surface area contributed by atoms with Crippen molar-refractivity contribution in [3.05, 3.63) is 82.7 Å². The molecule has 31 heavy (non-hydrogen) atoms. The molecule has 0 atom stereocenters. The van der Waals surface area contributed by atoms with E-state index in [1.165, 1.54) is 0 Å². The molecule has 1 heterocycles. The van der Waals surface area contributed by atoms with Gasteiger partial charge < -0.3 is 15.4 Å². The van der Waals surface area contributed by atoms with E-state index in [2.05, 4.69) is 21.8 Å². The zero-order valence-electron chi connectivity index (χ0n) is 19.0. The second-order valence-electron chi connectivity index (χ2n) is 8.65. The molecule has 0 aliphatic heterocycles. The van der Waals surface area contributed by atoms with Crippen molar-refractivity contribution in [1.82, 2.24) is 20.4 Å². The molecule has 3 rings (SSSR count). The quantitative estimate of drug-likeness (QED) is 0.577. The van der Waals surface area contributed by atoms with Crippen molar-refractivity contribution in [2.45, 2.75) is 59.9 Å². The lowest BCUT2D eigenvalue weighted by Crippen LogP contribution is -2.34. The van der Waals surface area contributed by atoms with E-state index in [0.717, 1.165) is 33.8 Å². The summed E-state index contributed by atoms with van der Waals surface area (Å²) in [5, 5.41) is 10.5. The lowest BCUT2D eigenvalue weighted by atomic mass is 10.1. The highest BCUT2D eigenvalue weighted by Gasteiger charge is 2.14. The lowest BCUT2D eigenvalue weighted by Gasteiger charge is -2.19. The molecule has 0 fully saturated rings. The molecule has 0 bridgehead atoms. The number of urea groups is 1. The number of carbonyl (C=O) groups excluding carboxylic acids is 1. The second-order valence-corrected chi connectivity index (χ2v) is 8.65. The predicted molar refractivity (Wildman–Crippen MR) is 123 cm³/mol. The van der Waals surface area contributed by atoms with E-state index in [1.807, 2.05) is 87.8 Å². The van der Waals surface area contributed by atoms with Gasteiger partial charge in [0.05, 0.1) is 23.6 Å². The highest BCUT2D eigenvalue weighted by molar-refractivity contribution is 5.73. The van der Waals surface area contributed by atoms with Crippen LogP contribution in [0.5, 0.6) is 0 Å². The van der Waals surface area contributed by atoms with Crippen LogP contribution in [-0.4, -0.2) is 21.4 Å². The predicted octanol–water partition coefficient (Wildman–Crippen LogP) is 4.80. The van der Waals surface area contributed by atoms with Gasteiger partial charge >= 0.3 is 6.03 Å². The van der Waals surface area contributed by atoms with Crippen LogP contribution in [0.25, 0.3) is 5.69 Å². The molecule has 0 aliphatic rings. The van der Waals surface area contributed by atoms with Crippen LogP contribution < -0.4 is 10.6 Å². The topological polar surface area (TPSA) is 68.2 Å². The van der Waals surface area contributed by atoms with E-state index in [1.54, 1.807) is 0 Å². The minimum absolute atomic E-state index is 0.182. The number of rotatable bonds is 7. The molecule has 6 heteroatoms. The Bertz CT molecular complexity index is 1020. The van der Waals surface area contributed by atoms with Crippen molar-refractivity contribution >= 4 is 6.03 Å². The molecule has 2 N–H and O–H groups in total. The van der Waals surface area contributed by atoms with Gasteiger partial charge in [0.2, 0.25) is 0 Å². The molecular formula is C25H32N4O2. The minimum atomic E-state index is -0.206. The first kappa shape index (κ1) is 22.6. The monoisotopic (exact) mass is 420 g/mol. The van der Waals surface area contributed by atoms with Crippen LogP contribution in [0.1, 0.15) is 48.8 Å². The first-order chi connectivity index (χ1) is 14.7. The molecule has 0 aliphatic carbocycles. The summed E-state index contributed by atoms with van der Waals surface area (Å²) in [5.74, 6) is 0. The van der Waals surface area contributed by atoms with Crippen molar-refractivity contribution in [1.29, 1.82) is 0 Å². The van der Waals surface area contributed by atoms with Gasteiger partial charge in [0, 0.05) is 24.3 Å². The summed E-state index contributed by atoms with van der Waals surface area (Å²) in [5.41, 5.74) is 5.92. The smallest absolute Gasteiger partial charge is 0.315 e. The molecule has 2 amide bonds. The Balaban J connectivity index is 1.54. The third kappa shape index (κ3) is 6.43. The fraction of sp³-hybridized carbons (Fsp3) is 0.360. The van der Waals surface area contributed by atoms with Crippen molar-refractivity contribution in [3.63, 3.8) is 0 Å². The molecule has 6 nitrogen and oxygen atoms in total. The number of nitrogens with one attached hydrogen (secondary N) is 2. The average molecular weight is 421 g/mol.